The second-order valence-electron chi connectivity index (χ2n) is 2.20. The largest absolute Gasteiger partial charge is 0.409 e. The molecule has 6 heteroatoms. The van der Waals surface area contributed by atoms with Crippen molar-refractivity contribution in [3.05, 3.63) is 23.5 Å². The van der Waals surface area contributed by atoms with Crippen LogP contribution in [-0.2, 0) is 0 Å². The molecule has 2 aromatic rings. The zero-order valence-electron chi connectivity index (χ0n) is 6.01. The van der Waals surface area contributed by atoms with Crippen LogP contribution in [0.2, 0.25) is 0 Å². The van der Waals surface area contributed by atoms with Crippen molar-refractivity contribution in [3.8, 4) is 0 Å². The fourth-order valence-corrected chi connectivity index (χ4v) is 1.60. The molecule has 5 nitrogen and oxygen atoms in total. The second kappa shape index (κ2) is 2.49. The molecule has 62 valence electrons. The normalized spacial score (nSPS) is 12.5. The monoisotopic (exact) mass is 182 g/mol. The van der Waals surface area contributed by atoms with Crippen molar-refractivity contribution in [1.29, 1.82) is 0 Å². The molecule has 12 heavy (non-hydrogen) atoms. The lowest BCUT2D eigenvalue weighted by Crippen LogP contribution is -2.13. The number of nitrogens with two attached hydrogens (primary N) is 1. The Balaban J connectivity index is 2.58. The van der Waals surface area contributed by atoms with E-state index >= 15 is 0 Å². The van der Waals surface area contributed by atoms with Crippen molar-refractivity contribution in [1.82, 2.24) is 9.38 Å². The predicted octanol–water partition coefficient (Wildman–Crippen LogP) is 0.490. The summed E-state index contributed by atoms with van der Waals surface area (Å²) >= 11 is 1.50. The van der Waals surface area contributed by atoms with Crippen LogP contribution < -0.4 is 5.73 Å². The van der Waals surface area contributed by atoms with Gasteiger partial charge in [0.1, 0.15) is 5.69 Å². The molecule has 0 fully saturated rings. The lowest BCUT2D eigenvalue weighted by atomic mass is 10.4. The molecular formula is C6H6N4OS. The van der Waals surface area contributed by atoms with E-state index in [9.17, 15) is 0 Å². The number of amidine groups is 1. The van der Waals surface area contributed by atoms with E-state index in [0.717, 1.165) is 4.96 Å². The molecule has 0 saturated carbocycles. The van der Waals surface area contributed by atoms with E-state index in [2.05, 4.69) is 10.1 Å². The molecule has 0 saturated heterocycles. The van der Waals surface area contributed by atoms with Crippen LogP contribution in [0.4, 0.5) is 0 Å². The van der Waals surface area contributed by atoms with E-state index in [0.29, 0.717) is 5.69 Å². The third-order valence-electron chi connectivity index (χ3n) is 1.46. The number of imidazole rings is 1. The molecule has 0 radical (unpaired) electrons. The molecule has 0 unspecified atom stereocenters. The first-order valence-electron chi connectivity index (χ1n) is 3.21. The Kier molecular flexibility index (Phi) is 1.47. The highest BCUT2D eigenvalue weighted by Crippen LogP contribution is 2.10. The second-order valence-corrected chi connectivity index (χ2v) is 3.08. The van der Waals surface area contributed by atoms with Gasteiger partial charge in [0, 0.05) is 17.8 Å². The Labute approximate surface area is 71.8 Å². The van der Waals surface area contributed by atoms with E-state index in [1.54, 1.807) is 6.20 Å². The molecule has 0 aromatic carbocycles. The van der Waals surface area contributed by atoms with Crippen molar-refractivity contribution >= 4 is 22.1 Å². The maximum atomic E-state index is 8.37. The van der Waals surface area contributed by atoms with Crippen LogP contribution in [0.25, 0.3) is 4.96 Å². The van der Waals surface area contributed by atoms with Gasteiger partial charge in [0.15, 0.2) is 10.8 Å². The van der Waals surface area contributed by atoms with Gasteiger partial charge in [-0.05, 0) is 0 Å². The minimum Gasteiger partial charge on any atom is -0.409 e. The van der Waals surface area contributed by atoms with Gasteiger partial charge in [0.2, 0.25) is 0 Å². The van der Waals surface area contributed by atoms with Crippen LogP contribution in [0.1, 0.15) is 5.69 Å². The summed E-state index contributed by atoms with van der Waals surface area (Å²) < 4.78 is 1.82. The lowest BCUT2D eigenvalue weighted by Gasteiger charge is -1.87. The molecule has 2 rings (SSSR count). The Morgan fingerprint density at radius 3 is 3.25 bits per heavy atom. The van der Waals surface area contributed by atoms with Gasteiger partial charge in [-0.2, -0.15) is 0 Å². The number of oxime groups is 1. The molecule has 0 bridgehead atoms. The van der Waals surface area contributed by atoms with E-state index < -0.39 is 0 Å². The summed E-state index contributed by atoms with van der Waals surface area (Å²) in [5, 5.41) is 13.1. The van der Waals surface area contributed by atoms with Crippen molar-refractivity contribution in [2.75, 3.05) is 0 Å². The SMILES string of the molecule is N/C(=N/O)c1cn2ccsc2n1. The van der Waals surface area contributed by atoms with Gasteiger partial charge in [-0.3, -0.25) is 4.40 Å². The minimum absolute atomic E-state index is 0.0332. The summed E-state index contributed by atoms with van der Waals surface area (Å²) in [6.45, 7) is 0. The molecule has 0 atom stereocenters. The van der Waals surface area contributed by atoms with Gasteiger partial charge in [0.05, 0.1) is 0 Å². The van der Waals surface area contributed by atoms with E-state index in [1.165, 1.54) is 11.3 Å². The summed E-state index contributed by atoms with van der Waals surface area (Å²) in [5.41, 5.74) is 5.84. The summed E-state index contributed by atoms with van der Waals surface area (Å²) in [5.74, 6) is 0.0332. The van der Waals surface area contributed by atoms with E-state index in [4.69, 9.17) is 10.9 Å². The van der Waals surface area contributed by atoms with Gasteiger partial charge >= 0.3 is 0 Å². The number of fused-ring (bicyclic) bond motifs is 1. The maximum absolute atomic E-state index is 8.37. The van der Waals surface area contributed by atoms with Gasteiger partial charge in [-0.15, -0.1) is 11.3 Å². The smallest absolute Gasteiger partial charge is 0.194 e. The quantitative estimate of drug-likeness (QED) is 0.291. The first-order valence-corrected chi connectivity index (χ1v) is 4.09. The minimum atomic E-state index is 0.0332. The van der Waals surface area contributed by atoms with Crippen LogP contribution in [0.3, 0.4) is 0 Å². The zero-order chi connectivity index (χ0) is 8.55. The summed E-state index contributed by atoms with van der Waals surface area (Å²) in [7, 11) is 0. The molecule has 0 aliphatic carbocycles. The molecule has 0 aliphatic heterocycles. The van der Waals surface area contributed by atoms with Crippen molar-refractivity contribution in [3.63, 3.8) is 0 Å². The van der Waals surface area contributed by atoms with Crippen LogP contribution in [0.5, 0.6) is 0 Å². The number of hydrogen-bond donors (Lipinski definition) is 2. The topological polar surface area (TPSA) is 75.9 Å². The first-order chi connectivity index (χ1) is 5.81. The predicted molar refractivity (Wildman–Crippen MR) is 45.6 cm³/mol. The Bertz CT molecular complexity index is 401. The van der Waals surface area contributed by atoms with Crippen LogP contribution in [0.15, 0.2) is 22.9 Å². The summed E-state index contributed by atoms with van der Waals surface area (Å²) in [6, 6.07) is 0. The highest BCUT2D eigenvalue weighted by Gasteiger charge is 2.05. The average molecular weight is 182 g/mol. The Morgan fingerprint density at radius 1 is 1.75 bits per heavy atom. The van der Waals surface area contributed by atoms with Gasteiger partial charge in [-0.25, -0.2) is 4.98 Å². The van der Waals surface area contributed by atoms with Crippen LogP contribution in [0, 0.1) is 0 Å². The van der Waals surface area contributed by atoms with Gasteiger partial charge in [-0.1, -0.05) is 5.16 Å². The Morgan fingerprint density at radius 2 is 2.58 bits per heavy atom. The molecule has 0 amide bonds. The molecule has 2 heterocycles. The molecule has 3 N–H and O–H groups in total. The number of rotatable bonds is 1. The molecular weight excluding hydrogens is 176 g/mol. The maximum Gasteiger partial charge on any atom is 0.194 e. The fourth-order valence-electron chi connectivity index (χ4n) is 0.902. The van der Waals surface area contributed by atoms with Crippen LogP contribution in [-0.4, -0.2) is 20.4 Å². The fraction of sp³-hybridized carbons (Fsp3) is 0. The molecule has 0 aliphatic rings. The van der Waals surface area contributed by atoms with Gasteiger partial charge in [0.25, 0.3) is 0 Å². The zero-order valence-corrected chi connectivity index (χ0v) is 6.82. The summed E-state index contributed by atoms with van der Waals surface area (Å²) in [6.07, 6.45) is 3.57. The van der Waals surface area contributed by atoms with Crippen molar-refractivity contribution in [2.24, 2.45) is 10.9 Å². The molecule has 0 spiro atoms. The number of hydrogen-bond acceptors (Lipinski definition) is 4. The number of aromatic nitrogens is 2. The molecule has 2 aromatic heterocycles. The van der Waals surface area contributed by atoms with Crippen molar-refractivity contribution < 1.29 is 5.21 Å². The van der Waals surface area contributed by atoms with E-state index in [-0.39, 0.29) is 5.84 Å². The standard InChI is InChI=1S/C6H6N4OS/c7-5(9-11)4-3-10-1-2-12-6(10)8-4/h1-3,11H,(H2,7,9). The number of thiazole rings is 1. The highest BCUT2D eigenvalue weighted by molar-refractivity contribution is 7.15. The Hall–Kier alpha value is -1.56. The summed E-state index contributed by atoms with van der Waals surface area (Å²) in [4.78, 5) is 4.94. The van der Waals surface area contributed by atoms with E-state index in [1.807, 2.05) is 16.0 Å². The third kappa shape index (κ3) is 0.928. The van der Waals surface area contributed by atoms with Crippen LogP contribution >= 0.6 is 11.3 Å². The average Bonchev–Trinajstić information content (AvgIpc) is 2.60. The number of nitrogens with zero attached hydrogens (tertiary/aromatic N) is 3. The third-order valence-corrected chi connectivity index (χ3v) is 2.23. The van der Waals surface area contributed by atoms with Crippen molar-refractivity contribution in [2.45, 2.75) is 0 Å². The van der Waals surface area contributed by atoms with Gasteiger partial charge < -0.3 is 10.9 Å². The lowest BCUT2D eigenvalue weighted by molar-refractivity contribution is 0.318. The highest BCUT2D eigenvalue weighted by atomic mass is 32.1. The first kappa shape index (κ1) is 7.11.